The molecule has 0 saturated heterocycles. The maximum absolute atomic E-state index is 11.9. The number of carbonyl (C=O) groups excluding carboxylic acids is 1. The molecule has 0 aromatic heterocycles. The number of amides is 1. The van der Waals surface area contributed by atoms with Crippen LogP contribution in [0.1, 0.15) is 25.0 Å². The standard InChI is InChI=1S/C13H19ClN2O3S/c1-10(2)16-20(18,19)9-12-6-4-3-5-11(12)8-15-13(17)7-14/h3-6,10,16H,7-9H2,1-2H3,(H,15,17). The van der Waals surface area contributed by atoms with E-state index < -0.39 is 10.0 Å². The van der Waals surface area contributed by atoms with Gasteiger partial charge in [-0.05, 0) is 25.0 Å². The molecule has 0 radical (unpaired) electrons. The lowest BCUT2D eigenvalue weighted by Crippen LogP contribution is -2.32. The van der Waals surface area contributed by atoms with Gasteiger partial charge in [-0.1, -0.05) is 24.3 Å². The highest BCUT2D eigenvalue weighted by molar-refractivity contribution is 7.88. The van der Waals surface area contributed by atoms with Gasteiger partial charge >= 0.3 is 0 Å². The van der Waals surface area contributed by atoms with Crippen molar-refractivity contribution in [3.05, 3.63) is 35.4 Å². The number of halogens is 1. The molecule has 1 amide bonds. The first-order valence-electron chi connectivity index (χ1n) is 6.23. The molecule has 0 unspecified atom stereocenters. The van der Waals surface area contributed by atoms with E-state index in [1.165, 1.54) is 0 Å². The summed E-state index contributed by atoms with van der Waals surface area (Å²) in [5.74, 6) is -0.516. The minimum Gasteiger partial charge on any atom is -0.351 e. The zero-order chi connectivity index (χ0) is 15.2. The molecule has 0 aliphatic carbocycles. The normalized spacial score (nSPS) is 11.6. The van der Waals surface area contributed by atoms with Gasteiger partial charge in [-0.2, -0.15) is 0 Å². The van der Waals surface area contributed by atoms with E-state index >= 15 is 0 Å². The van der Waals surface area contributed by atoms with E-state index in [4.69, 9.17) is 11.6 Å². The molecule has 0 heterocycles. The third-order valence-corrected chi connectivity index (χ3v) is 4.24. The van der Waals surface area contributed by atoms with Crippen molar-refractivity contribution in [2.24, 2.45) is 0 Å². The van der Waals surface area contributed by atoms with Gasteiger partial charge in [0.2, 0.25) is 15.9 Å². The monoisotopic (exact) mass is 318 g/mol. The molecule has 112 valence electrons. The first kappa shape index (κ1) is 16.9. The van der Waals surface area contributed by atoms with Crippen molar-refractivity contribution in [3.8, 4) is 0 Å². The number of nitrogens with one attached hydrogen (secondary N) is 2. The van der Waals surface area contributed by atoms with Gasteiger partial charge < -0.3 is 5.32 Å². The van der Waals surface area contributed by atoms with Crippen LogP contribution in [0.3, 0.4) is 0 Å². The lowest BCUT2D eigenvalue weighted by Gasteiger charge is -2.13. The SMILES string of the molecule is CC(C)NS(=O)(=O)Cc1ccccc1CNC(=O)CCl. The van der Waals surface area contributed by atoms with Gasteiger partial charge in [0.15, 0.2) is 0 Å². The Hall–Kier alpha value is -1.11. The van der Waals surface area contributed by atoms with Gasteiger partial charge in [0.1, 0.15) is 5.88 Å². The van der Waals surface area contributed by atoms with Crippen LogP contribution < -0.4 is 10.0 Å². The number of hydrogen-bond acceptors (Lipinski definition) is 3. The Labute approximate surface area is 124 Å². The second-order valence-electron chi connectivity index (χ2n) is 4.71. The summed E-state index contributed by atoms with van der Waals surface area (Å²) in [6, 6.07) is 6.95. The molecule has 5 nitrogen and oxygen atoms in total. The molecule has 0 spiro atoms. The van der Waals surface area contributed by atoms with E-state index in [2.05, 4.69) is 10.0 Å². The van der Waals surface area contributed by atoms with Crippen molar-refractivity contribution in [1.29, 1.82) is 0 Å². The summed E-state index contributed by atoms with van der Waals surface area (Å²) in [4.78, 5) is 11.2. The van der Waals surface area contributed by atoms with E-state index in [0.717, 1.165) is 5.56 Å². The van der Waals surface area contributed by atoms with E-state index in [9.17, 15) is 13.2 Å². The fourth-order valence-electron chi connectivity index (χ4n) is 1.72. The third-order valence-electron chi connectivity index (χ3n) is 2.48. The van der Waals surface area contributed by atoms with Gasteiger partial charge in [-0.3, -0.25) is 4.79 Å². The molecule has 0 bridgehead atoms. The zero-order valence-electron chi connectivity index (χ0n) is 11.5. The number of sulfonamides is 1. The number of alkyl halides is 1. The van der Waals surface area contributed by atoms with Crippen molar-refractivity contribution in [1.82, 2.24) is 10.0 Å². The van der Waals surface area contributed by atoms with Crippen LogP contribution in [0.15, 0.2) is 24.3 Å². The van der Waals surface area contributed by atoms with Crippen molar-refractivity contribution in [3.63, 3.8) is 0 Å². The number of rotatable bonds is 7. The van der Waals surface area contributed by atoms with Crippen LogP contribution in [0.2, 0.25) is 0 Å². The Balaban J connectivity index is 2.82. The quantitative estimate of drug-likeness (QED) is 0.746. The van der Waals surface area contributed by atoms with Gasteiger partial charge in [-0.25, -0.2) is 13.1 Å². The topological polar surface area (TPSA) is 75.3 Å². The molecule has 1 aromatic rings. The predicted octanol–water partition coefficient (Wildman–Crippen LogP) is 1.37. The van der Waals surface area contributed by atoms with Crippen LogP contribution in [0.25, 0.3) is 0 Å². The Bertz CT molecular complexity index is 558. The van der Waals surface area contributed by atoms with E-state index in [1.807, 2.05) is 0 Å². The van der Waals surface area contributed by atoms with E-state index in [-0.39, 0.29) is 30.1 Å². The zero-order valence-corrected chi connectivity index (χ0v) is 13.1. The van der Waals surface area contributed by atoms with Crippen molar-refractivity contribution < 1.29 is 13.2 Å². The smallest absolute Gasteiger partial charge is 0.235 e. The van der Waals surface area contributed by atoms with Crippen molar-refractivity contribution >= 4 is 27.5 Å². The highest BCUT2D eigenvalue weighted by Crippen LogP contribution is 2.12. The highest BCUT2D eigenvalue weighted by atomic mass is 35.5. The average molecular weight is 319 g/mol. The molecule has 20 heavy (non-hydrogen) atoms. The molecule has 0 saturated carbocycles. The largest absolute Gasteiger partial charge is 0.351 e. The summed E-state index contributed by atoms with van der Waals surface area (Å²) in [5, 5.41) is 2.63. The molecule has 0 atom stereocenters. The fraction of sp³-hybridized carbons (Fsp3) is 0.462. The van der Waals surface area contributed by atoms with Crippen LogP contribution in [0.4, 0.5) is 0 Å². The molecule has 1 rings (SSSR count). The third kappa shape index (κ3) is 5.90. The van der Waals surface area contributed by atoms with Crippen molar-refractivity contribution in [2.45, 2.75) is 32.2 Å². The van der Waals surface area contributed by atoms with Crippen LogP contribution in [0, 0.1) is 0 Å². The number of carbonyl (C=O) groups is 1. The van der Waals surface area contributed by atoms with Gasteiger partial charge in [-0.15, -0.1) is 11.6 Å². The summed E-state index contributed by atoms with van der Waals surface area (Å²) in [6.07, 6.45) is 0. The minimum atomic E-state index is -3.39. The summed E-state index contributed by atoms with van der Waals surface area (Å²) >= 11 is 5.40. The first-order chi connectivity index (χ1) is 9.34. The molecule has 1 aromatic carbocycles. The molecule has 0 aliphatic heterocycles. The lowest BCUT2D eigenvalue weighted by molar-refractivity contribution is -0.118. The Kier molecular flexibility index (Phi) is 6.45. The van der Waals surface area contributed by atoms with Gasteiger partial charge in [0.05, 0.1) is 5.75 Å². The number of hydrogen-bond donors (Lipinski definition) is 2. The average Bonchev–Trinajstić information content (AvgIpc) is 2.35. The molecule has 0 aliphatic rings. The van der Waals surface area contributed by atoms with Crippen LogP contribution in [-0.2, 0) is 27.1 Å². The molecular formula is C13H19ClN2O3S. The Morgan fingerprint density at radius 3 is 2.40 bits per heavy atom. The van der Waals surface area contributed by atoms with Gasteiger partial charge in [0.25, 0.3) is 0 Å². The number of benzene rings is 1. The second-order valence-corrected chi connectivity index (χ2v) is 6.73. The van der Waals surface area contributed by atoms with Crippen molar-refractivity contribution in [2.75, 3.05) is 5.88 Å². The molecule has 7 heteroatoms. The van der Waals surface area contributed by atoms with Crippen LogP contribution in [0.5, 0.6) is 0 Å². The molecule has 2 N–H and O–H groups in total. The maximum Gasteiger partial charge on any atom is 0.235 e. The fourth-order valence-corrected chi connectivity index (χ4v) is 3.30. The molecule has 0 fully saturated rings. The van der Waals surface area contributed by atoms with Gasteiger partial charge in [0, 0.05) is 12.6 Å². The Morgan fingerprint density at radius 2 is 1.85 bits per heavy atom. The molecular weight excluding hydrogens is 300 g/mol. The summed E-state index contributed by atoms with van der Waals surface area (Å²) in [6.45, 7) is 3.80. The van der Waals surface area contributed by atoms with Crippen LogP contribution >= 0.6 is 11.6 Å². The first-order valence-corrected chi connectivity index (χ1v) is 8.42. The van der Waals surface area contributed by atoms with E-state index in [1.54, 1.807) is 38.1 Å². The summed E-state index contributed by atoms with van der Waals surface area (Å²) in [7, 11) is -3.39. The predicted molar refractivity (Wildman–Crippen MR) is 79.9 cm³/mol. The Morgan fingerprint density at radius 1 is 1.25 bits per heavy atom. The lowest BCUT2D eigenvalue weighted by atomic mass is 10.1. The second kappa shape index (κ2) is 7.61. The minimum absolute atomic E-state index is 0.113. The van der Waals surface area contributed by atoms with E-state index in [0.29, 0.717) is 5.56 Å². The summed E-state index contributed by atoms with van der Waals surface area (Å²) in [5.41, 5.74) is 1.43. The highest BCUT2D eigenvalue weighted by Gasteiger charge is 2.15. The maximum atomic E-state index is 11.9. The van der Waals surface area contributed by atoms with Crippen LogP contribution in [-0.4, -0.2) is 26.2 Å². The summed E-state index contributed by atoms with van der Waals surface area (Å²) < 4.78 is 26.4.